The number of para-hydroxylation sites is 2. The maximum absolute atomic E-state index is 5.71. The Labute approximate surface area is 250 Å². The Bertz CT molecular complexity index is 2370. The van der Waals surface area contributed by atoms with Crippen molar-refractivity contribution in [1.82, 2.24) is 9.13 Å². The summed E-state index contributed by atoms with van der Waals surface area (Å²) in [6.07, 6.45) is 0. The maximum Gasteiger partial charge on any atom is 0.119 e. The van der Waals surface area contributed by atoms with Gasteiger partial charge >= 0.3 is 0 Å². The second-order valence-electron chi connectivity index (χ2n) is 12.2. The van der Waals surface area contributed by atoms with Crippen LogP contribution >= 0.6 is 0 Å². The molecular formula is C40H30N2O. The molecule has 9 rings (SSSR count). The molecule has 0 aliphatic heterocycles. The Morgan fingerprint density at radius 3 is 1.79 bits per heavy atom. The average molecular weight is 555 g/mol. The van der Waals surface area contributed by atoms with Crippen molar-refractivity contribution in [3.63, 3.8) is 0 Å². The van der Waals surface area contributed by atoms with Crippen LogP contribution in [0, 0.1) is 0 Å². The normalized spacial score (nSPS) is 13.7. The van der Waals surface area contributed by atoms with Crippen molar-refractivity contribution in [1.29, 1.82) is 0 Å². The van der Waals surface area contributed by atoms with Crippen LogP contribution < -0.4 is 4.74 Å². The van der Waals surface area contributed by atoms with Gasteiger partial charge < -0.3 is 13.9 Å². The number of rotatable bonds is 3. The smallest absolute Gasteiger partial charge is 0.119 e. The minimum Gasteiger partial charge on any atom is -0.497 e. The van der Waals surface area contributed by atoms with Crippen molar-refractivity contribution in [3.05, 3.63) is 139 Å². The second-order valence-corrected chi connectivity index (χ2v) is 12.2. The first-order valence-corrected chi connectivity index (χ1v) is 14.9. The lowest BCUT2D eigenvalue weighted by Crippen LogP contribution is -2.14. The molecule has 2 heterocycles. The predicted octanol–water partition coefficient (Wildman–Crippen LogP) is 10.2. The molecule has 43 heavy (non-hydrogen) atoms. The van der Waals surface area contributed by atoms with E-state index in [0.29, 0.717) is 0 Å². The van der Waals surface area contributed by atoms with Crippen molar-refractivity contribution in [2.24, 2.45) is 0 Å². The van der Waals surface area contributed by atoms with Gasteiger partial charge in [-0.05, 0) is 82.9 Å². The number of aromatic nitrogens is 2. The maximum atomic E-state index is 5.71. The van der Waals surface area contributed by atoms with Crippen LogP contribution in [-0.4, -0.2) is 16.2 Å². The van der Waals surface area contributed by atoms with Crippen LogP contribution in [0.15, 0.2) is 127 Å². The Morgan fingerprint density at radius 2 is 1.07 bits per heavy atom. The topological polar surface area (TPSA) is 19.1 Å². The molecule has 0 N–H and O–H groups in total. The molecule has 0 unspecified atom stereocenters. The number of hydrogen-bond donors (Lipinski definition) is 0. The highest BCUT2D eigenvalue weighted by Gasteiger charge is 2.36. The number of methoxy groups -OCH3 is 1. The third-order valence-corrected chi connectivity index (χ3v) is 9.60. The molecule has 1 aliphatic rings. The fourth-order valence-corrected chi connectivity index (χ4v) is 7.57. The summed E-state index contributed by atoms with van der Waals surface area (Å²) in [6, 6.07) is 46.5. The monoisotopic (exact) mass is 554 g/mol. The zero-order valence-electron chi connectivity index (χ0n) is 24.4. The summed E-state index contributed by atoms with van der Waals surface area (Å²) in [6.45, 7) is 4.69. The number of fused-ring (bicyclic) bond motifs is 9. The van der Waals surface area contributed by atoms with E-state index in [1.807, 2.05) is 0 Å². The minimum atomic E-state index is -0.0656. The van der Waals surface area contributed by atoms with Crippen molar-refractivity contribution >= 4 is 43.6 Å². The Balaban J connectivity index is 1.36. The highest BCUT2D eigenvalue weighted by molar-refractivity contribution is 6.12. The van der Waals surface area contributed by atoms with Crippen LogP contribution in [0.5, 0.6) is 5.75 Å². The molecular weight excluding hydrogens is 524 g/mol. The van der Waals surface area contributed by atoms with Gasteiger partial charge in [-0.15, -0.1) is 0 Å². The molecule has 6 aromatic carbocycles. The molecule has 206 valence electrons. The van der Waals surface area contributed by atoms with Crippen molar-refractivity contribution in [3.8, 4) is 28.3 Å². The SMILES string of the molecule is COc1ccc2c(c1)c1cc3c(cc1n2-c1cccc(-n2c4ccccc4c4ccccc42)c1)-c1ccccc1C3(C)C. The first-order valence-electron chi connectivity index (χ1n) is 14.9. The quantitative estimate of drug-likeness (QED) is 0.213. The van der Waals surface area contributed by atoms with Crippen LogP contribution in [0.2, 0.25) is 0 Å². The summed E-state index contributed by atoms with van der Waals surface area (Å²) in [5.74, 6) is 0.869. The van der Waals surface area contributed by atoms with Crippen LogP contribution in [0.4, 0.5) is 0 Å². The van der Waals surface area contributed by atoms with Crippen LogP contribution in [0.3, 0.4) is 0 Å². The third-order valence-electron chi connectivity index (χ3n) is 9.60. The summed E-state index contributed by atoms with van der Waals surface area (Å²) in [4.78, 5) is 0. The molecule has 0 saturated carbocycles. The van der Waals surface area contributed by atoms with E-state index in [1.165, 1.54) is 65.9 Å². The molecule has 0 fully saturated rings. The summed E-state index contributed by atoms with van der Waals surface area (Å²) < 4.78 is 10.5. The largest absolute Gasteiger partial charge is 0.497 e. The van der Waals surface area contributed by atoms with E-state index in [1.54, 1.807) is 7.11 Å². The van der Waals surface area contributed by atoms with Gasteiger partial charge in [0, 0.05) is 38.3 Å². The van der Waals surface area contributed by atoms with Crippen molar-refractivity contribution in [2.45, 2.75) is 19.3 Å². The van der Waals surface area contributed by atoms with Gasteiger partial charge in [0.2, 0.25) is 0 Å². The van der Waals surface area contributed by atoms with Gasteiger partial charge in [-0.3, -0.25) is 0 Å². The van der Waals surface area contributed by atoms with Gasteiger partial charge in [0.15, 0.2) is 0 Å². The van der Waals surface area contributed by atoms with Crippen LogP contribution in [-0.2, 0) is 5.41 Å². The summed E-state index contributed by atoms with van der Waals surface area (Å²) in [7, 11) is 1.74. The van der Waals surface area contributed by atoms with E-state index in [4.69, 9.17) is 4.74 Å². The summed E-state index contributed by atoms with van der Waals surface area (Å²) >= 11 is 0. The molecule has 0 atom stereocenters. The molecule has 0 bridgehead atoms. The Hall–Kier alpha value is -5.28. The van der Waals surface area contributed by atoms with E-state index < -0.39 is 0 Å². The van der Waals surface area contributed by atoms with E-state index in [9.17, 15) is 0 Å². The third kappa shape index (κ3) is 3.25. The number of nitrogens with zero attached hydrogens (tertiary/aromatic N) is 2. The highest BCUT2D eigenvalue weighted by atomic mass is 16.5. The molecule has 1 aliphatic carbocycles. The zero-order chi connectivity index (χ0) is 28.9. The second kappa shape index (κ2) is 8.62. The van der Waals surface area contributed by atoms with Gasteiger partial charge in [-0.25, -0.2) is 0 Å². The predicted molar refractivity (Wildman–Crippen MR) is 179 cm³/mol. The van der Waals surface area contributed by atoms with E-state index in [0.717, 1.165) is 17.1 Å². The lowest BCUT2D eigenvalue weighted by atomic mass is 9.82. The average Bonchev–Trinajstić information content (AvgIpc) is 3.63. The zero-order valence-corrected chi connectivity index (χ0v) is 24.4. The number of benzene rings is 6. The van der Waals surface area contributed by atoms with Crippen LogP contribution in [0.1, 0.15) is 25.0 Å². The fourth-order valence-electron chi connectivity index (χ4n) is 7.57. The van der Waals surface area contributed by atoms with E-state index >= 15 is 0 Å². The standard InChI is InChI=1S/C40H30N2O/c1-40(2)34-16-7-4-13-28(34)31-24-39-33(23-35(31)40)32-22-27(43-3)19-20-38(32)42(39)26-12-10-11-25(21-26)41-36-17-8-5-14-29(36)30-15-6-9-18-37(30)41/h4-24H,1-3H3. The van der Waals surface area contributed by atoms with Gasteiger partial charge in [-0.1, -0.05) is 80.6 Å². The molecule has 3 nitrogen and oxygen atoms in total. The fraction of sp³-hybridized carbons (Fsp3) is 0.100. The number of ether oxygens (including phenoxy) is 1. The molecule has 2 aromatic heterocycles. The first-order chi connectivity index (χ1) is 21.0. The molecule has 0 radical (unpaired) electrons. The van der Waals surface area contributed by atoms with E-state index in [-0.39, 0.29) is 5.41 Å². The summed E-state index contributed by atoms with van der Waals surface area (Å²) in [5, 5.41) is 4.98. The Morgan fingerprint density at radius 1 is 0.465 bits per heavy atom. The van der Waals surface area contributed by atoms with Crippen molar-refractivity contribution < 1.29 is 4.74 Å². The van der Waals surface area contributed by atoms with Gasteiger partial charge in [-0.2, -0.15) is 0 Å². The highest BCUT2D eigenvalue weighted by Crippen LogP contribution is 2.51. The summed E-state index contributed by atoms with van der Waals surface area (Å²) in [5.41, 5.74) is 12.4. The lowest BCUT2D eigenvalue weighted by molar-refractivity contribution is 0.415. The van der Waals surface area contributed by atoms with Gasteiger partial charge in [0.05, 0.1) is 29.2 Å². The van der Waals surface area contributed by atoms with Crippen LogP contribution in [0.25, 0.3) is 66.1 Å². The minimum absolute atomic E-state index is 0.0656. The molecule has 8 aromatic rings. The van der Waals surface area contributed by atoms with Gasteiger partial charge in [0.25, 0.3) is 0 Å². The Kier molecular flexibility index (Phi) is 4.88. The number of hydrogen-bond acceptors (Lipinski definition) is 1. The molecule has 0 amide bonds. The first kappa shape index (κ1) is 24.3. The molecule has 0 saturated heterocycles. The van der Waals surface area contributed by atoms with E-state index in [2.05, 4.69) is 150 Å². The van der Waals surface area contributed by atoms with Crippen molar-refractivity contribution in [2.75, 3.05) is 7.11 Å². The molecule has 0 spiro atoms. The molecule has 3 heteroatoms. The lowest BCUT2D eigenvalue weighted by Gasteiger charge is -2.21. The van der Waals surface area contributed by atoms with Gasteiger partial charge in [0.1, 0.15) is 5.75 Å².